The van der Waals surface area contributed by atoms with Gasteiger partial charge in [0.1, 0.15) is 6.61 Å². The number of carbonyl (C=O) groups excluding carboxylic acids is 2. The van der Waals surface area contributed by atoms with Crippen molar-refractivity contribution in [2.45, 2.75) is 53.0 Å². The van der Waals surface area contributed by atoms with Crippen LogP contribution in [0.3, 0.4) is 0 Å². The molecule has 0 unspecified atom stereocenters. The molecule has 6 nitrogen and oxygen atoms in total. The van der Waals surface area contributed by atoms with Gasteiger partial charge in [-0.2, -0.15) is 4.73 Å². The molecule has 0 bridgehead atoms. The van der Waals surface area contributed by atoms with E-state index in [9.17, 15) is 9.59 Å². The van der Waals surface area contributed by atoms with E-state index in [-0.39, 0.29) is 18.1 Å². The first-order valence-electron chi connectivity index (χ1n) is 8.57. The van der Waals surface area contributed by atoms with Crippen LogP contribution in [0.15, 0.2) is 24.3 Å². The van der Waals surface area contributed by atoms with E-state index < -0.39 is 0 Å². The van der Waals surface area contributed by atoms with Gasteiger partial charge >= 0.3 is 12.1 Å². The van der Waals surface area contributed by atoms with E-state index >= 15 is 0 Å². The topological polar surface area (TPSA) is 69.6 Å². The number of benzene rings is 1. The summed E-state index contributed by atoms with van der Waals surface area (Å²) in [5.41, 5.74) is 3.18. The summed E-state index contributed by atoms with van der Waals surface area (Å²) in [6.45, 7) is 10.2. The summed E-state index contributed by atoms with van der Waals surface area (Å²) in [4.78, 5) is 26.8. The third-order valence-electron chi connectivity index (χ3n) is 4.13. The molecule has 1 aromatic carbocycles. The Morgan fingerprint density at radius 1 is 1.40 bits per heavy atom. The van der Waals surface area contributed by atoms with E-state index in [4.69, 9.17) is 4.84 Å². The number of para-hydroxylation sites is 1. The molecule has 1 amide bonds. The van der Waals surface area contributed by atoms with E-state index in [1.54, 1.807) is 4.73 Å². The van der Waals surface area contributed by atoms with Crippen LogP contribution in [0.25, 0.3) is 10.9 Å². The molecule has 25 heavy (non-hydrogen) atoms. The Balaban J connectivity index is 0.000000236. The second-order valence-corrected chi connectivity index (χ2v) is 6.41. The van der Waals surface area contributed by atoms with Gasteiger partial charge in [-0.05, 0) is 30.9 Å². The molecule has 1 N–H and O–H groups in total. The minimum atomic E-state index is -0.298. The van der Waals surface area contributed by atoms with Crippen LogP contribution in [0.1, 0.15) is 51.3 Å². The van der Waals surface area contributed by atoms with Crippen molar-refractivity contribution in [2.24, 2.45) is 0 Å². The lowest BCUT2D eigenvalue weighted by molar-refractivity contribution is -0.141. The third-order valence-corrected chi connectivity index (χ3v) is 4.13. The minimum Gasteiger partial charge on any atom is -0.447 e. The summed E-state index contributed by atoms with van der Waals surface area (Å²) in [6.07, 6.45) is 0.669. The highest BCUT2D eigenvalue weighted by Crippen LogP contribution is 2.29. The van der Waals surface area contributed by atoms with Crippen LogP contribution < -0.4 is 10.2 Å². The molecule has 2 aromatic rings. The molecular weight excluding hydrogens is 320 g/mol. The number of nitrogens with zero attached hydrogens (tertiary/aromatic N) is 1. The van der Waals surface area contributed by atoms with Crippen LogP contribution in [-0.4, -0.2) is 29.4 Å². The molecular formula is C19H26N2O4. The van der Waals surface area contributed by atoms with E-state index in [0.717, 1.165) is 23.0 Å². The Morgan fingerprint density at radius 3 is 2.56 bits per heavy atom. The smallest absolute Gasteiger partial charge is 0.407 e. The number of hydrogen-bond donors (Lipinski definition) is 1. The van der Waals surface area contributed by atoms with Gasteiger partial charge in [0.2, 0.25) is 0 Å². The van der Waals surface area contributed by atoms with Gasteiger partial charge in [0.15, 0.2) is 0 Å². The SMILES string of the molecule is CC(=O)On1c(C(C)C)c(C)c2ccccc21.CC[C@H]1COC(=O)N1. The monoisotopic (exact) mass is 346 g/mol. The molecule has 1 aliphatic rings. The molecule has 3 rings (SSSR count). The Morgan fingerprint density at radius 2 is 2.08 bits per heavy atom. The number of amides is 1. The zero-order valence-corrected chi connectivity index (χ0v) is 15.5. The van der Waals surface area contributed by atoms with Gasteiger partial charge in [-0.15, -0.1) is 0 Å². The van der Waals surface area contributed by atoms with E-state index in [0.29, 0.717) is 12.5 Å². The summed E-state index contributed by atoms with van der Waals surface area (Å²) in [5.74, 6) is 0.00871. The number of rotatable bonds is 3. The predicted molar refractivity (Wildman–Crippen MR) is 96.6 cm³/mol. The van der Waals surface area contributed by atoms with Crippen molar-refractivity contribution in [1.82, 2.24) is 10.0 Å². The van der Waals surface area contributed by atoms with E-state index in [2.05, 4.69) is 36.9 Å². The Bertz CT molecular complexity index is 764. The lowest BCUT2D eigenvalue weighted by Crippen LogP contribution is -2.24. The number of hydrogen-bond acceptors (Lipinski definition) is 4. The number of alkyl carbamates (subject to hydrolysis) is 1. The van der Waals surface area contributed by atoms with Crippen molar-refractivity contribution in [3.8, 4) is 0 Å². The average molecular weight is 346 g/mol. The van der Waals surface area contributed by atoms with E-state index in [1.807, 2.05) is 25.1 Å². The van der Waals surface area contributed by atoms with Crippen LogP contribution in [0.4, 0.5) is 4.79 Å². The van der Waals surface area contributed by atoms with Gasteiger partial charge in [0.25, 0.3) is 0 Å². The summed E-state index contributed by atoms with van der Waals surface area (Å²) in [7, 11) is 0. The van der Waals surface area contributed by atoms with Crippen LogP contribution in [0.2, 0.25) is 0 Å². The molecule has 1 atom stereocenters. The van der Waals surface area contributed by atoms with Gasteiger partial charge < -0.3 is 14.9 Å². The number of carbonyl (C=O) groups is 2. The highest BCUT2D eigenvalue weighted by molar-refractivity contribution is 5.85. The van der Waals surface area contributed by atoms with Crippen LogP contribution in [0.5, 0.6) is 0 Å². The first-order valence-corrected chi connectivity index (χ1v) is 8.57. The number of ether oxygens (including phenoxy) is 1. The van der Waals surface area contributed by atoms with E-state index in [1.165, 1.54) is 12.5 Å². The molecule has 1 aliphatic heterocycles. The predicted octanol–water partition coefficient (Wildman–Crippen LogP) is 3.55. The average Bonchev–Trinajstić information content (AvgIpc) is 3.10. The minimum absolute atomic E-state index is 0.252. The molecule has 0 radical (unpaired) electrons. The number of aromatic nitrogens is 1. The molecule has 6 heteroatoms. The summed E-state index contributed by atoms with van der Waals surface area (Å²) in [6, 6.07) is 8.22. The van der Waals surface area contributed by atoms with Crippen molar-refractivity contribution in [3.63, 3.8) is 0 Å². The second kappa shape index (κ2) is 8.05. The molecule has 1 fully saturated rings. The first kappa shape index (κ1) is 18.8. The van der Waals surface area contributed by atoms with Crippen molar-refractivity contribution in [3.05, 3.63) is 35.5 Å². The maximum Gasteiger partial charge on any atom is 0.407 e. The lowest BCUT2D eigenvalue weighted by atomic mass is 10.1. The first-order chi connectivity index (χ1) is 11.8. The molecule has 0 spiro atoms. The summed E-state index contributed by atoms with van der Waals surface area (Å²) < 4.78 is 6.27. The normalized spacial score (nSPS) is 16.2. The maximum absolute atomic E-state index is 11.2. The fraction of sp³-hybridized carbons (Fsp3) is 0.474. The van der Waals surface area contributed by atoms with Crippen LogP contribution in [-0.2, 0) is 9.53 Å². The highest BCUT2D eigenvalue weighted by Gasteiger charge is 2.19. The van der Waals surface area contributed by atoms with Gasteiger partial charge in [-0.3, -0.25) is 0 Å². The Kier molecular flexibility index (Phi) is 6.07. The molecule has 1 aromatic heterocycles. The third kappa shape index (κ3) is 4.32. The van der Waals surface area contributed by atoms with Crippen LogP contribution in [0, 0.1) is 6.92 Å². The summed E-state index contributed by atoms with van der Waals surface area (Å²) >= 11 is 0. The molecule has 1 saturated heterocycles. The van der Waals surface area contributed by atoms with Gasteiger partial charge in [-0.25, -0.2) is 9.59 Å². The fourth-order valence-electron chi connectivity index (χ4n) is 2.93. The zero-order chi connectivity index (χ0) is 18.6. The number of fused-ring (bicyclic) bond motifs is 1. The van der Waals surface area contributed by atoms with Gasteiger partial charge in [0, 0.05) is 12.3 Å². The zero-order valence-electron chi connectivity index (χ0n) is 15.5. The quantitative estimate of drug-likeness (QED) is 0.923. The largest absolute Gasteiger partial charge is 0.447 e. The molecule has 0 aliphatic carbocycles. The van der Waals surface area contributed by atoms with Gasteiger partial charge in [-0.1, -0.05) is 39.0 Å². The second-order valence-electron chi connectivity index (χ2n) is 6.41. The standard InChI is InChI=1S/C14H17NO2.C5H9NO2/c1-9(2)14-10(3)12-7-5-6-8-13(12)15(14)17-11(4)16;1-2-4-3-8-5(7)6-4/h5-9H,1-4H3;4H,2-3H2,1H3,(H,6,7)/t;4-/m.0/s1. The lowest BCUT2D eigenvalue weighted by Gasteiger charge is -2.12. The highest BCUT2D eigenvalue weighted by atomic mass is 16.7. The number of aryl methyl sites for hydroxylation is 1. The Hall–Kier alpha value is -2.50. The van der Waals surface area contributed by atoms with Crippen molar-refractivity contribution < 1.29 is 19.2 Å². The maximum atomic E-state index is 11.2. The van der Waals surface area contributed by atoms with Crippen molar-refractivity contribution in [2.75, 3.05) is 6.61 Å². The van der Waals surface area contributed by atoms with Gasteiger partial charge in [0.05, 0.1) is 17.3 Å². The molecule has 2 heterocycles. The number of nitrogens with one attached hydrogen (secondary N) is 1. The van der Waals surface area contributed by atoms with Crippen LogP contribution >= 0.6 is 0 Å². The Labute approximate surface area is 148 Å². The summed E-state index contributed by atoms with van der Waals surface area (Å²) in [5, 5.41) is 3.78. The van der Waals surface area contributed by atoms with Crippen molar-refractivity contribution >= 4 is 23.0 Å². The van der Waals surface area contributed by atoms with Crippen molar-refractivity contribution in [1.29, 1.82) is 0 Å². The molecule has 0 saturated carbocycles. The number of cyclic esters (lactones) is 1. The molecule has 136 valence electrons. The fourth-order valence-corrected chi connectivity index (χ4v) is 2.93.